The van der Waals surface area contributed by atoms with E-state index in [9.17, 15) is 9.90 Å². The largest absolute Gasteiger partial charge is 0.387 e. The maximum Gasteiger partial charge on any atom is 0.230 e. The second kappa shape index (κ2) is 11.6. The lowest BCUT2D eigenvalue weighted by molar-refractivity contribution is -0.115. The SMILES string of the molecule is CC(C)(Cc1ccc(NC(=O)Cc2ccccn2)cc1)NC[C@H](O)c1ccccc1.Cl. The molecule has 1 amide bonds. The number of nitrogens with zero attached hydrogens (tertiary/aromatic N) is 1. The van der Waals surface area contributed by atoms with Crippen molar-refractivity contribution in [3.05, 3.63) is 95.8 Å². The van der Waals surface area contributed by atoms with Crippen LogP contribution < -0.4 is 10.6 Å². The van der Waals surface area contributed by atoms with Crippen LogP contribution in [0.1, 0.15) is 36.8 Å². The Kier molecular flexibility index (Phi) is 9.19. The van der Waals surface area contributed by atoms with Gasteiger partial charge in [0.05, 0.1) is 12.5 Å². The van der Waals surface area contributed by atoms with Crippen LogP contribution in [0.5, 0.6) is 0 Å². The number of pyridine rings is 1. The number of rotatable bonds is 9. The Labute approximate surface area is 190 Å². The number of aliphatic hydroxyl groups excluding tert-OH is 1. The van der Waals surface area contributed by atoms with Crippen LogP contribution in [0.25, 0.3) is 0 Å². The molecule has 0 saturated heterocycles. The predicted molar refractivity (Wildman–Crippen MR) is 127 cm³/mol. The van der Waals surface area contributed by atoms with Crippen molar-refractivity contribution in [2.45, 2.75) is 38.3 Å². The number of hydrogen-bond donors (Lipinski definition) is 3. The molecule has 0 radical (unpaired) electrons. The van der Waals surface area contributed by atoms with E-state index in [0.717, 1.165) is 28.9 Å². The van der Waals surface area contributed by atoms with Crippen LogP contribution in [-0.4, -0.2) is 28.1 Å². The summed E-state index contributed by atoms with van der Waals surface area (Å²) in [7, 11) is 0. The van der Waals surface area contributed by atoms with Crippen molar-refractivity contribution in [1.29, 1.82) is 0 Å². The minimum absolute atomic E-state index is 0. The molecule has 1 atom stereocenters. The second-order valence-corrected chi connectivity index (χ2v) is 8.11. The predicted octanol–water partition coefficient (Wildman–Crippen LogP) is 4.33. The molecule has 31 heavy (non-hydrogen) atoms. The summed E-state index contributed by atoms with van der Waals surface area (Å²) < 4.78 is 0. The Bertz CT molecular complexity index is 932. The number of amides is 1. The highest BCUT2D eigenvalue weighted by Crippen LogP contribution is 2.18. The average molecular weight is 440 g/mol. The summed E-state index contributed by atoms with van der Waals surface area (Å²) >= 11 is 0. The number of nitrogens with one attached hydrogen (secondary N) is 2. The van der Waals surface area contributed by atoms with Gasteiger partial charge in [0.2, 0.25) is 5.91 Å². The lowest BCUT2D eigenvalue weighted by Crippen LogP contribution is -2.43. The van der Waals surface area contributed by atoms with E-state index in [1.54, 1.807) is 6.20 Å². The van der Waals surface area contributed by atoms with E-state index in [-0.39, 0.29) is 30.3 Å². The Hall–Kier alpha value is -2.73. The maximum atomic E-state index is 12.2. The molecule has 0 bridgehead atoms. The van der Waals surface area contributed by atoms with Crippen molar-refractivity contribution in [3.63, 3.8) is 0 Å². The molecule has 0 saturated carbocycles. The van der Waals surface area contributed by atoms with Crippen molar-refractivity contribution in [3.8, 4) is 0 Å². The van der Waals surface area contributed by atoms with Gasteiger partial charge in [0, 0.05) is 29.7 Å². The monoisotopic (exact) mass is 439 g/mol. The van der Waals surface area contributed by atoms with Crippen LogP contribution in [0.3, 0.4) is 0 Å². The number of carbonyl (C=O) groups excluding carboxylic acids is 1. The van der Waals surface area contributed by atoms with E-state index in [4.69, 9.17) is 0 Å². The van der Waals surface area contributed by atoms with Crippen LogP contribution >= 0.6 is 12.4 Å². The van der Waals surface area contributed by atoms with Gasteiger partial charge in [0.15, 0.2) is 0 Å². The molecule has 0 spiro atoms. The van der Waals surface area contributed by atoms with Gasteiger partial charge in [-0.05, 0) is 55.7 Å². The van der Waals surface area contributed by atoms with Gasteiger partial charge in [0.1, 0.15) is 0 Å². The Morgan fingerprint density at radius 3 is 2.32 bits per heavy atom. The molecule has 0 unspecified atom stereocenters. The molecule has 0 aliphatic heterocycles. The van der Waals surface area contributed by atoms with Crippen LogP contribution in [0.4, 0.5) is 5.69 Å². The third kappa shape index (κ3) is 8.13. The van der Waals surface area contributed by atoms with Crippen LogP contribution in [0.2, 0.25) is 0 Å². The summed E-state index contributed by atoms with van der Waals surface area (Å²) in [5, 5.41) is 16.7. The van der Waals surface area contributed by atoms with Crippen molar-refractivity contribution < 1.29 is 9.90 Å². The van der Waals surface area contributed by atoms with Crippen molar-refractivity contribution in [1.82, 2.24) is 10.3 Å². The van der Waals surface area contributed by atoms with Crippen LogP contribution in [0.15, 0.2) is 79.0 Å². The topological polar surface area (TPSA) is 74.2 Å². The zero-order valence-corrected chi connectivity index (χ0v) is 18.7. The van der Waals surface area contributed by atoms with Gasteiger partial charge < -0.3 is 15.7 Å². The highest BCUT2D eigenvalue weighted by atomic mass is 35.5. The van der Waals surface area contributed by atoms with Crippen LogP contribution in [0, 0.1) is 0 Å². The fourth-order valence-corrected chi connectivity index (χ4v) is 3.32. The maximum absolute atomic E-state index is 12.2. The summed E-state index contributed by atoms with van der Waals surface area (Å²) in [5.74, 6) is -0.0849. The van der Waals surface area contributed by atoms with E-state index in [1.165, 1.54) is 0 Å². The summed E-state index contributed by atoms with van der Waals surface area (Å²) in [4.78, 5) is 16.4. The minimum atomic E-state index is -0.540. The lowest BCUT2D eigenvalue weighted by Gasteiger charge is -2.28. The molecular formula is C25H30ClN3O2. The second-order valence-electron chi connectivity index (χ2n) is 8.11. The van der Waals surface area contributed by atoms with E-state index in [0.29, 0.717) is 6.54 Å². The average Bonchev–Trinajstić information content (AvgIpc) is 2.74. The van der Waals surface area contributed by atoms with Crippen LogP contribution in [-0.2, 0) is 17.6 Å². The van der Waals surface area contributed by atoms with Crippen molar-refractivity contribution >= 4 is 24.0 Å². The first-order valence-corrected chi connectivity index (χ1v) is 10.2. The van der Waals surface area contributed by atoms with E-state index in [1.807, 2.05) is 72.8 Å². The quantitative estimate of drug-likeness (QED) is 0.464. The number of aliphatic hydroxyl groups is 1. The van der Waals surface area contributed by atoms with E-state index in [2.05, 4.69) is 29.5 Å². The smallest absolute Gasteiger partial charge is 0.230 e. The van der Waals surface area contributed by atoms with Crippen molar-refractivity contribution in [2.75, 3.05) is 11.9 Å². The molecule has 1 aromatic heterocycles. The molecule has 0 aliphatic carbocycles. The molecule has 6 heteroatoms. The third-order valence-corrected chi connectivity index (χ3v) is 4.91. The number of benzene rings is 2. The number of aromatic nitrogens is 1. The Morgan fingerprint density at radius 2 is 1.68 bits per heavy atom. The molecule has 1 heterocycles. The summed E-state index contributed by atoms with van der Waals surface area (Å²) in [5.41, 5.74) is 3.40. The molecule has 3 aromatic rings. The first-order chi connectivity index (χ1) is 14.4. The van der Waals surface area contributed by atoms with Gasteiger partial charge in [0.25, 0.3) is 0 Å². The number of halogens is 1. The third-order valence-electron chi connectivity index (χ3n) is 4.91. The Morgan fingerprint density at radius 1 is 1.00 bits per heavy atom. The van der Waals surface area contributed by atoms with Gasteiger partial charge in [-0.3, -0.25) is 9.78 Å². The Balaban J connectivity index is 0.00000341. The lowest BCUT2D eigenvalue weighted by atomic mass is 9.94. The highest BCUT2D eigenvalue weighted by Gasteiger charge is 2.20. The first kappa shape index (κ1) is 24.5. The number of β-amino-alcohol motifs (C(OH)–C–C–N with tert-alkyl or cyclic N) is 1. The molecule has 3 N–H and O–H groups in total. The molecule has 0 fully saturated rings. The zero-order chi connectivity index (χ0) is 21.4. The first-order valence-electron chi connectivity index (χ1n) is 10.2. The number of hydrogen-bond acceptors (Lipinski definition) is 4. The molecule has 5 nitrogen and oxygen atoms in total. The van der Waals surface area contributed by atoms with Gasteiger partial charge in [-0.1, -0.05) is 48.5 Å². The molecular weight excluding hydrogens is 410 g/mol. The normalized spacial score (nSPS) is 12.0. The standard InChI is InChI=1S/C25H29N3O2.ClH/c1-25(2,27-18-23(29)20-8-4-3-5-9-20)17-19-11-13-21(14-12-19)28-24(30)16-22-10-6-7-15-26-22;/h3-15,23,27,29H,16-18H2,1-2H3,(H,28,30);1H/t23-;/m0./s1. The summed E-state index contributed by atoms with van der Waals surface area (Å²) in [6, 6.07) is 23.1. The van der Waals surface area contributed by atoms with Gasteiger partial charge >= 0.3 is 0 Å². The highest BCUT2D eigenvalue weighted by molar-refractivity contribution is 5.92. The van der Waals surface area contributed by atoms with E-state index < -0.39 is 6.10 Å². The molecule has 164 valence electrons. The van der Waals surface area contributed by atoms with Gasteiger partial charge in [-0.15, -0.1) is 12.4 Å². The molecule has 2 aromatic carbocycles. The number of anilines is 1. The van der Waals surface area contributed by atoms with E-state index >= 15 is 0 Å². The summed E-state index contributed by atoms with van der Waals surface area (Å²) in [6.45, 7) is 4.72. The fraction of sp³-hybridized carbons (Fsp3) is 0.280. The molecule has 3 rings (SSSR count). The van der Waals surface area contributed by atoms with Crippen molar-refractivity contribution in [2.24, 2.45) is 0 Å². The zero-order valence-electron chi connectivity index (χ0n) is 17.9. The summed E-state index contributed by atoms with van der Waals surface area (Å²) in [6.07, 6.45) is 2.20. The minimum Gasteiger partial charge on any atom is -0.387 e. The van der Waals surface area contributed by atoms with Gasteiger partial charge in [-0.25, -0.2) is 0 Å². The fourth-order valence-electron chi connectivity index (χ4n) is 3.32. The molecule has 0 aliphatic rings. The van der Waals surface area contributed by atoms with Gasteiger partial charge in [-0.2, -0.15) is 0 Å². The number of carbonyl (C=O) groups is 1.